The van der Waals surface area contributed by atoms with Crippen LogP contribution in [0.1, 0.15) is 12.5 Å². The molecule has 0 saturated carbocycles. The second-order valence-corrected chi connectivity index (χ2v) is 5.93. The molecule has 0 fully saturated rings. The van der Waals surface area contributed by atoms with Crippen LogP contribution < -0.4 is 4.72 Å². The van der Waals surface area contributed by atoms with Crippen molar-refractivity contribution in [2.45, 2.75) is 24.8 Å². The number of nitrogens with one attached hydrogen (secondary N) is 1. The highest BCUT2D eigenvalue weighted by atomic mass is 32.2. The van der Waals surface area contributed by atoms with Crippen LogP contribution in [0, 0.1) is 18.3 Å². The van der Waals surface area contributed by atoms with Gasteiger partial charge in [0.05, 0.1) is 16.5 Å². The minimum absolute atomic E-state index is 0.142. The standard InChI is InChI=1S/C13H13N3O2S/c1-9-5-6-12(11-4-3-7-15-13(9)11)19(17,18)16-10(2)8-14/h3-7,10,16H,1-2H3. The minimum atomic E-state index is -3.73. The molecule has 0 aliphatic heterocycles. The third-order valence-electron chi connectivity index (χ3n) is 2.75. The van der Waals surface area contributed by atoms with Gasteiger partial charge in [-0.3, -0.25) is 4.98 Å². The van der Waals surface area contributed by atoms with Crippen molar-refractivity contribution in [3.8, 4) is 6.07 Å². The highest BCUT2D eigenvalue weighted by Gasteiger charge is 2.20. The van der Waals surface area contributed by atoms with Gasteiger partial charge >= 0.3 is 0 Å². The van der Waals surface area contributed by atoms with E-state index in [1.165, 1.54) is 13.0 Å². The Morgan fingerprint density at radius 1 is 1.37 bits per heavy atom. The quantitative estimate of drug-likeness (QED) is 0.924. The van der Waals surface area contributed by atoms with Gasteiger partial charge in [-0.1, -0.05) is 6.07 Å². The summed E-state index contributed by atoms with van der Waals surface area (Å²) in [6, 6.07) is 7.71. The van der Waals surface area contributed by atoms with Crippen LogP contribution in [0.3, 0.4) is 0 Å². The predicted molar refractivity (Wildman–Crippen MR) is 71.9 cm³/mol. The van der Waals surface area contributed by atoms with E-state index in [9.17, 15) is 8.42 Å². The van der Waals surface area contributed by atoms with Gasteiger partial charge in [-0.25, -0.2) is 8.42 Å². The molecule has 0 aliphatic rings. The summed E-state index contributed by atoms with van der Waals surface area (Å²) in [5, 5.41) is 9.27. The molecule has 1 heterocycles. The number of hydrogen-bond donors (Lipinski definition) is 1. The molecule has 0 saturated heterocycles. The molecule has 19 heavy (non-hydrogen) atoms. The molecule has 1 unspecified atom stereocenters. The van der Waals surface area contributed by atoms with Gasteiger partial charge in [0.15, 0.2) is 0 Å². The van der Waals surface area contributed by atoms with Gasteiger partial charge in [0.2, 0.25) is 10.0 Å². The molecule has 0 bridgehead atoms. The van der Waals surface area contributed by atoms with Gasteiger partial charge in [0, 0.05) is 11.6 Å². The summed E-state index contributed by atoms with van der Waals surface area (Å²) in [7, 11) is -3.73. The Kier molecular flexibility index (Phi) is 3.51. The maximum absolute atomic E-state index is 12.2. The Hall–Kier alpha value is -1.97. The first kappa shape index (κ1) is 13.5. The molecule has 0 radical (unpaired) electrons. The van der Waals surface area contributed by atoms with E-state index in [1.807, 2.05) is 13.0 Å². The molecule has 0 aliphatic carbocycles. The van der Waals surface area contributed by atoms with Crippen molar-refractivity contribution in [3.63, 3.8) is 0 Å². The Morgan fingerprint density at radius 2 is 2.11 bits per heavy atom. The van der Waals surface area contributed by atoms with Gasteiger partial charge in [0.1, 0.15) is 6.04 Å². The fourth-order valence-electron chi connectivity index (χ4n) is 1.84. The first-order valence-electron chi connectivity index (χ1n) is 5.72. The number of pyridine rings is 1. The van der Waals surface area contributed by atoms with Gasteiger partial charge in [0.25, 0.3) is 0 Å². The van der Waals surface area contributed by atoms with E-state index in [0.717, 1.165) is 5.56 Å². The largest absolute Gasteiger partial charge is 0.256 e. The van der Waals surface area contributed by atoms with Crippen LogP contribution in [0.15, 0.2) is 35.4 Å². The Balaban J connectivity index is 2.65. The third-order valence-corrected chi connectivity index (χ3v) is 4.35. The topological polar surface area (TPSA) is 82.9 Å². The number of aryl methyl sites for hydroxylation is 1. The monoisotopic (exact) mass is 275 g/mol. The van der Waals surface area contributed by atoms with E-state index in [4.69, 9.17) is 5.26 Å². The summed E-state index contributed by atoms with van der Waals surface area (Å²) >= 11 is 0. The highest BCUT2D eigenvalue weighted by molar-refractivity contribution is 7.89. The predicted octanol–water partition coefficient (Wildman–Crippen LogP) is 1.73. The number of benzene rings is 1. The molecule has 6 heteroatoms. The summed E-state index contributed by atoms with van der Waals surface area (Å²) in [6.45, 7) is 3.36. The lowest BCUT2D eigenvalue weighted by atomic mass is 10.1. The highest BCUT2D eigenvalue weighted by Crippen LogP contribution is 2.24. The summed E-state index contributed by atoms with van der Waals surface area (Å²) in [6.07, 6.45) is 1.62. The molecule has 98 valence electrons. The summed E-state index contributed by atoms with van der Waals surface area (Å²) in [4.78, 5) is 4.34. The number of nitriles is 1. The van der Waals surface area contributed by atoms with Crippen molar-refractivity contribution in [2.75, 3.05) is 0 Å². The van der Waals surface area contributed by atoms with Crippen molar-refractivity contribution < 1.29 is 8.42 Å². The van der Waals surface area contributed by atoms with E-state index in [-0.39, 0.29) is 4.90 Å². The van der Waals surface area contributed by atoms with Crippen LogP contribution in [0.4, 0.5) is 0 Å². The van der Waals surface area contributed by atoms with E-state index < -0.39 is 16.1 Å². The fraction of sp³-hybridized carbons (Fsp3) is 0.231. The van der Waals surface area contributed by atoms with Crippen LogP contribution >= 0.6 is 0 Å². The smallest absolute Gasteiger partial charge is 0.242 e. The molecule has 2 rings (SSSR count). The van der Waals surface area contributed by atoms with Crippen LogP contribution in [0.5, 0.6) is 0 Å². The number of hydrogen-bond acceptors (Lipinski definition) is 4. The van der Waals surface area contributed by atoms with Crippen LogP contribution in [0.25, 0.3) is 10.9 Å². The van der Waals surface area contributed by atoms with E-state index in [0.29, 0.717) is 10.9 Å². The minimum Gasteiger partial charge on any atom is -0.256 e. The molecule has 0 spiro atoms. The average Bonchev–Trinajstić information content (AvgIpc) is 2.38. The lowest BCUT2D eigenvalue weighted by Gasteiger charge is -2.11. The summed E-state index contributed by atoms with van der Waals surface area (Å²) in [5.41, 5.74) is 1.55. The number of fused-ring (bicyclic) bond motifs is 1. The molecule has 5 nitrogen and oxygen atoms in total. The van der Waals surface area contributed by atoms with E-state index in [1.54, 1.807) is 24.4 Å². The fourth-order valence-corrected chi connectivity index (χ4v) is 3.19. The number of aromatic nitrogens is 1. The second kappa shape index (κ2) is 4.96. The van der Waals surface area contributed by atoms with Gasteiger partial charge in [-0.15, -0.1) is 0 Å². The first-order valence-corrected chi connectivity index (χ1v) is 7.20. The lowest BCUT2D eigenvalue weighted by Crippen LogP contribution is -2.31. The Bertz CT molecular complexity index is 763. The molecule has 1 N–H and O–H groups in total. The van der Waals surface area contributed by atoms with Gasteiger partial charge < -0.3 is 0 Å². The van der Waals surface area contributed by atoms with E-state index in [2.05, 4.69) is 9.71 Å². The van der Waals surface area contributed by atoms with Gasteiger partial charge in [-0.2, -0.15) is 9.98 Å². The van der Waals surface area contributed by atoms with Crippen LogP contribution in [-0.4, -0.2) is 19.4 Å². The zero-order valence-electron chi connectivity index (χ0n) is 10.6. The molecular formula is C13H13N3O2S. The second-order valence-electron chi connectivity index (χ2n) is 4.25. The molecule has 0 amide bonds. The SMILES string of the molecule is Cc1ccc(S(=O)(=O)NC(C)C#N)c2cccnc12. The van der Waals surface area contributed by atoms with Gasteiger partial charge in [-0.05, 0) is 37.6 Å². The summed E-state index contributed by atoms with van der Waals surface area (Å²) in [5.74, 6) is 0. The number of sulfonamides is 1. The maximum Gasteiger partial charge on any atom is 0.242 e. The Morgan fingerprint density at radius 3 is 2.79 bits per heavy atom. The zero-order chi connectivity index (χ0) is 14.0. The van der Waals surface area contributed by atoms with E-state index >= 15 is 0 Å². The molecular weight excluding hydrogens is 262 g/mol. The Labute approximate surface area is 111 Å². The number of rotatable bonds is 3. The molecule has 1 atom stereocenters. The van der Waals surface area contributed by atoms with Crippen molar-refractivity contribution in [3.05, 3.63) is 36.0 Å². The molecule has 1 aromatic heterocycles. The van der Waals surface area contributed by atoms with Crippen LogP contribution in [-0.2, 0) is 10.0 Å². The molecule has 1 aromatic carbocycles. The summed E-state index contributed by atoms with van der Waals surface area (Å²) < 4.78 is 26.8. The maximum atomic E-state index is 12.2. The molecule has 2 aromatic rings. The van der Waals surface area contributed by atoms with Crippen molar-refractivity contribution in [2.24, 2.45) is 0 Å². The normalized spacial score (nSPS) is 13.1. The number of nitrogens with zero attached hydrogens (tertiary/aromatic N) is 2. The first-order chi connectivity index (χ1) is 8.95. The van der Waals surface area contributed by atoms with Crippen molar-refractivity contribution in [1.29, 1.82) is 5.26 Å². The average molecular weight is 275 g/mol. The van der Waals surface area contributed by atoms with Crippen molar-refractivity contribution in [1.82, 2.24) is 9.71 Å². The third kappa shape index (κ3) is 2.57. The lowest BCUT2D eigenvalue weighted by molar-refractivity contribution is 0.578. The van der Waals surface area contributed by atoms with Crippen LogP contribution in [0.2, 0.25) is 0 Å². The zero-order valence-corrected chi connectivity index (χ0v) is 11.4. The van der Waals surface area contributed by atoms with Crippen molar-refractivity contribution >= 4 is 20.9 Å².